The lowest BCUT2D eigenvalue weighted by molar-refractivity contribution is 0.0953. The number of hydrogen-bond donors (Lipinski definition) is 2. The van der Waals surface area contributed by atoms with Crippen molar-refractivity contribution in [1.29, 1.82) is 0 Å². The molecule has 8 heteroatoms. The van der Waals surface area contributed by atoms with E-state index in [1.54, 1.807) is 26.4 Å². The number of amides is 1. The van der Waals surface area contributed by atoms with Gasteiger partial charge in [0.15, 0.2) is 23.0 Å². The van der Waals surface area contributed by atoms with Gasteiger partial charge in [0.25, 0.3) is 5.91 Å². The van der Waals surface area contributed by atoms with Crippen LogP contribution < -0.4 is 34.3 Å². The third-order valence-corrected chi connectivity index (χ3v) is 4.31. The predicted molar refractivity (Wildman–Crippen MR) is 110 cm³/mol. The largest absolute Gasteiger partial charge is 0.493 e. The van der Waals surface area contributed by atoms with Crippen molar-refractivity contribution in [3.63, 3.8) is 0 Å². The van der Waals surface area contributed by atoms with E-state index in [0.717, 1.165) is 5.56 Å². The van der Waals surface area contributed by atoms with Crippen LogP contribution in [0.3, 0.4) is 0 Å². The summed E-state index contributed by atoms with van der Waals surface area (Å²) in [6.07, 6.45) is 0. The number of benzene rings is 2. The monoisotopic (exact) mass is 404 g/mol. The second-order valence-electron chi connectivity index (χ2n) is 6.00. The van der Waals surface area contributed by atoms with Crippen LogP contribution in [-0.2, 0) is 6.54 Å². The number of hydrogen-bond acceptors (Lipinski definition) is 7. The van der Waals surface area contributed by atoms with Crippen molar-refractivity contribution in [2.45, 2.75) is 6.54 Å². The van der Waals surface area contributed by atoms with Gasteiger partial charge in [-0.1, -0.05) is 12.1 Å². The van der Waals surface area contributed by atoms with Gasteiger partial charge >= 0.3 is 0 Å². The van der Waals surface area contributed by atoms with Crippen LogP contribution in [0, 0.1) is 0 Å². The summed E-state index contributed by atoms with van der Waals surface area (Å²) in [4.78, 5) is 12.5. The average Bonchev–Trinajstić information content (AvgIpc) is 2.76. The number of carbonyl (C=O) groups is 1. The molecule has 0 bridgehead atoms. The third-order valence-electron chi connectivity index (χ3n) is 4.31. The van der Waals surface area contributed by atoms with Crippen LogP contribution in [0.1, 0.15) is 15.9 Å². The fourth-order valence-electron chi connectivity index (χ4n) is 2.89. The van der Waals surface area contributed by atoms with E-state index in [9.17, 15) is 4.79 Å². The summed E-state index contributed by atoms with van der Waals surface area (Å²) in [5, 5.41) is 6.15. The molecule has 0 fully saturated rings. The zero-order valence-corrected chi connectivity index (χ0v) is 17.5. The Kier molecular flexibility index (Phi) is 8.42. The first-order valence-corrected chi connectivity index (χ1v) is 9.08. The smallest absolute Gasteiger partial charge is 0.251 e. The number of para-hydroxylation sites is 1. The summed E-state index contributed by atoms with van der Waals surface area (Å²) in [6, 6.07) is 8.95. The molecule has 0 saturated carbocycles. The first-order valence-electron chi connectivity index (χ1n) is 9.08. The van der Waals surface area contributed by atoms with Crippen LogP contribution >= 0.6 is 0 Å². The molecule has 0 aliphatic heterocycles. The Morgan fingerprint density at radius 2 is 1.41 bits per heavy atom. The molecule has 0 spiro atoms. The zero-order valence-electron chi connectivity index (χ0n) is 17.5. The number of methoxy groups -OCH3 is 5. The summed E-state index contributed by atoms with van der Waals surface area (Å²) in [6.45, 7) is 1.61. The van der Waals surface area contributed by atoms with Gasteiger partial charge in [0.1, 0.15) is 0 Å². The topological polar surface area (TPSA) is 87.3 Å². The van der Waals surface area contributed by atoms with E-state index in [4.69, 9.17) is 23.7 Å². The van der Waals surface area contributed by atoms with Gasteiger partial charge in [0, 0.05) is 30.8 Å². The highest BCUT2D eigenvalue weighted by atomic mass is 16.5. The van der Waals surface area contributed by atoms with E-state index in [0.29, 0.717) is 53.9 Å². The van der Waals surface area contributed by atoms with E-state index in [-0.39, 0.29) is 5.91 Å². The average molecular weight is 404 g/mol. The van der Waals surface area contributed by atoms with Crippen LogP contribution in [0.25, 0.3) is 0 Å². The van der Waals surface area contributed by atoms with Gasteiger partial charge in [-0.2, -0.15) is 0 Å². The SMILES string of the molecule is COc1cccc(CNCCNC(=O)c2cc(OC)c(OC)c(OC)c2)c1OC. The minimum Gasteiger partial charge on any atom is -0.493 e. The quantitative estimate of drug-likeness (QED) is 0.556. The molecule has 8 nitrogen and oxygen atoms in total. The summed E-state index contributed by atoms with van der Waals surface area (Å²) in [5.74, 6) is 2.46. The summed E-state index contributed by atoms with van der Waals surface area (Å²) in [5.41, 5.74) is 1.40. The first kappa shape index (κ1) is 22.2. The standard InChI is InChI=1S/C21H28N2O6/c1-25-16-8-6-7-14(19(16)28-4)13-22-9-10-23-21(24)15-11-17(26-2)20(29-5)18(12-15)27-3/h6-8,11-12,22H,9-10,13H2,1-5H3,(H,23,24). The maximum atomic E-state index is 12.5. The molecule has 0 aromatic heterocycles. The highest BCUT2D eigenvalue weighted by Gasteiger charge is 2.16. The highest BCUT2D eigenvalue weighted by Crippen LogP contribution is 2.38. The first-order chi connectivity index (χ1) is 14.1. The van der Waals surface area contributed by atoms with Crippen molar-refractivity contribution in [3.8, 4) is 28.7 Å². The van der Waals surface area contributed by atoms with Crippen LogP contribution in [0.5, 0.6) is 28.7 Å². The fraction of sp³-hybridized carbons (Fsp3) is 0.381. The Balaban J connectivity index is 1.91. The molecule has 0 heterocycles. The molecule has 0 atom stereocenters. The Morgan fingerprint density at radius 3 is 1.97 bits per heavy atom. The molecule has 2 rings (SSSR count). The van der Waals surface area contributed by atoms with Crippen LogP contribution in [0.2, 0.25) is 0 Å². The van der Waals surface area contributed by atoms with Crippen molar-refractivity contribution in [2.75, 3.05) is 48.6 Å². The molecule has 0 aliphatic rings. The van der Waals surface area contributed by atoms with Gasteiger partial charge in [0.05, 0.1) is 35.5 Å². The minimum absolute atomic E-state index is 0.231. The molecule has 2 aromatic carbocycles. The van der Waals surface area contributed by atoms with Crippen LogP contribution in [-0.4, -0.2) is 54.5 Å². The molecule has 2 N–H and O–H groups in total. The molecule has 2 aromatic rings. The predicted octanol–water partition coefficient (Wildman–Crippen LogP) is 2.25. The Hall–Kier alpha value is -3.13. The van der Waals surface area contributed by atoms with Gasteiger partial charge in [-0.05, 0) is 18.2 Å². The van der Waals surface area contributed by atoms with Gasteiger partial charge in [-0.25, -0.2) is 0 Å². The second kappa shape index (κ2) is 11.0. The number of ether oxygens (including phenoxy) is 5. The van der Waals surface area contributed by atoms with Gasteiger partial charge in [-0.15, -0.1) is 0 Å². The van der Waals surface area contributed by atoms with Crippen LogP contribution in [0.4, 0.5) is 0 Å². The fourth-order valence-corrected chi connectivity index (χ4v) is 2.89. The van der Waals surface area contributed by atoms with Gasteiger partial charge in [-0.3, -0.25) is 4.79 Å². The van der Waals surface area contributed by atoms with E-state index < -0.39 is 0 Å². The zero-order chi connectivity index (χ0) is 21.2. The molecule has 0 aliphatic carbocycles. The molecular weight excluding hydrogens is 376 g/mol. The number of rotatable bonds is 11. The van der Waals surface area contributed by atoms with E-state index in [2.05, 4.69) is 10.6 Å². The summed E-state index contributed by atoms with van der Waals surface area (Å²) >= 11 is 0. The van der Waals surface area contributed by atoms with E-state index in [1.165, 1.54) is 21.3 Å². The molecule has 0 saturated heterocycles. The Bertz CT molecular complexity index is 800. The summed E-state index contributed by atoms with van der Waals surface area (Å²) in [7, 11) is 7.75. The molecule has 0 radical (unpaired) electrons. The van der Waals surface area contributed by atoms with Crippen molar-refractivity contribution in [2.24, 2.45) is 0 Å². The van der Waals surface area contributed by atoms with E-state index in [1.807, 2.05) is 18.2 Å². The molecule has 158 valence electrons. The lowest BCUT2D eigenvalue weighted by Crippen LogP contribution is -2.31. The molecule has 29 heavy (non-hydrogen) atoms. The second-order valence-corrected chi connectivity index (χ2v) is 6.00. The lowest BCUT2D eigenvalue weighted by Gasteiger charge is -2.14. The lowest BCUT2D eigenvalue weighted by atomic mass is 10.1. The molecule has 1 amide bonds. The van der Waals surface area contributed by atoms with Crippen molar-refractivity contribution in [1.82, 2.24) is 10.6 Å². The number of nitrogens with one attached hydrogen (secondary N) is 2. The Labute approximate surface area is 171 Å². The van der Waals surface area contributed by atoms with Crippen molar-refractivity contribution < 1.29 is 28.5 Å². The summed E-state index contributed by atoms with van der Waals surface area (Å²) < 4.78 is 26.6. The van der Waals surface area contributed by atoms with Gasteiger partial charge in [0.2, 0.25) is 5.75 Å². The molecular formula is C21H28N2O6. The molecule has 0 unspecified atom stereocenters. The maximum absolute atomic E-state index is 12.5. The third kappa shape index (κ3) is 5.45. The number of carbonyl (C=O) groups excluding carboxylic acids is 1. The maximum Gasteiger partial charge on any atom is 0.251 e. The van der Waals surface area contributed by atoms with Crippen molar-refractivity contribution in [3.05, 3.63) is 41.5 Å². The minimum atomic E-state index is -0.231. The van der Waals surface area contributed by atoms with Crippen LogP contribution in [0.15, 0.2) is 30.3 Å². The normalized spacial score (nSPS) is 10.2. The Morgan fingerprint density at radius 1 is 0.793 bits per heavy atom. The van der Waals surface area contributed by atoms with E-state index >= 15 is 0 Å². The van der Waals surface area contributed by atoms with Gasteiger partial charge < -0.3 is 34.3 Å². The highest BCUT2D eigenvalue weighted by molar-refractivity contribution is 5.95. The van der Waals surface area contributed by atoms with Crippen molar-refractivity contribution >= 4 is 5.91 Å².